The van der Waals surface area contributed by atoms with E-state index < -0.39 is 11.9 Å². The third kappa shape index (κ3) is 3.34. The number of rotatable bonds is 5. The summed E-state index contributed by atoms with van der Waals surface area (Å²) in [6.07, 6.45) is -0.0955. The molecule has 2 aromatic rings. The Morgan fingerprint density at radius 2 is 2.00 bits per heavy atom. The van der Waals surface area contributed by atoms with Crippen molar-refractivity contribution in [1.82, 2.24) is 0 Å². The molecule has 110 valence electrons. The van der Waals surface area contributed by atoms with Crippen LogP contribution in [0.2, 0.25) is 5.02 Å². The molecule has 0 fully saturated rings. The number of hydrogen-bond donors (Lipinski definition) is 3. The van der Waals surface area contributed by atoms with Crippen molar-refractivity contribution in [2.75, 3.05) is 5.73 Å². The SMILES string of the molecule is Nc1cccc(-c2sc(C(=O)O)c(CCC(=O)O)c2Cl)c1. The van der Waals surface area contributed by atoms with Crippen LogP contribution in [-0.4, -0.2) is 22.2 Å². The summed E-state index contributed by atoms with van der Waals surface area (Å²) in [4.78, 5) is 22.6. The highest BCUT2D eigenvalue weighted by molar-refractivity contribution is 7.18. The second-order valence-corrected chi connectivity index (χ2v) is 5.78. The van der Waals surface area contributed by atoms with Gasteiger partial charge in [-0.3, -0.25) is 4.79 Å². The zero-order valence-electron chi connectivity index (χ0n) is 10.8. The van der Waals surface area contributed by atoms with E-state index in [0.717, 1.165) is 11.3 Å². The van der Waals surface area contributed by atoms with Crippen LogP contribution in [0.3, 0.4) is 0 Å². The molecule has 0 atom stereocenters. The van der Waals surface area contributed by atoms with E-state index in [2.05, 4.69) is 0 Å². The topological polar surface area (TPSA) is 101 Å². The van der Waals surface area contributed by atoms with Crippen molar-refractivity contribution in [3.8, 4) is 10.4 Å². The van der Waals surface area contributed by atoms with E-state index in [9.17, 15) is 14.7 Å². The molecule has 1 heterocycles. The molecular weight excluding hydrogens is 314 g/mol. The number of thiophene rings is 1. The van der Waals surface area contributed by atoms with Gasteiger partial charge in [0, 0.05) is 12.1 Å². The number of anilines is 1. The van der Waals surface area contributed by atoms with Gasteiger partial charge in [0.15, 0.2) is 0 Å². The molecule has 0 amide bonds. The molecular formula is C14H12ClNO4S. The summed E-state index contributed by atoms with van der Waals surface area (Å²) >= 11 is 7.28. The first-order valence-corrected chi connectivity index (χ1v) is 7.21. The Morgan fingerprint density at radius 1 is 1.29 bits per heavy atom. The Kier molecular flexibility index (Phi) is 4.50. The fraction of sp³-hybridized carbons (Fsp3) is 0.143. The molecule has 0 aliphatic carbocycles. The summed E-state index contributed by atoms with van der Waals surface area (Å²) in [6, 6.07) is 6.94. The lowest BCUT2D eigenvalue weighted by atomic mass is 10.1. The smallest absolute Gasteiger partial charge is 0.346 e. The van der Waals surface area contributed by atoms with Crippen LogP contribution < -0.4 is 5.73 Å². The van der Waals surface area contributed by atoms with Crippen LogP contribution in [0, 0.1) is 0 Å². The van der Waals surface area contributed by atoms with Gasteiger partial charge in [-0.25, -0.2) is 4.79 Å². The molecule has 0 radical (unpaired) electrons. The Bertz CT molecular complexity index is 711. The number of halogens is 1. The molecule has 2 rings (SSSR count). The normalized spacial score (nSPS) is 10.5. The summed E-state index contributed by atoms with van der Waals surface area (Å²) < 4.78 is 0. The van der Waals surface area contributed by atoms with Crippen molar-refractivity contribution >= 4 is 40.6 Å². The minimum Gasteiger partial charge on any atom is -0.481 e. The second-order valence-electron chi connectivity index (χ2n) is 4.38. The fourth-order valence-corrected chi connectivity index (χ4v) is 3.48. The maximum Gasteiger partial charge on any atom is 0.346 e. The molecule has 0 saturated heterocycles. The monoisotopic (exact) mass is 325 g/mol. The molecule has 0 saturated carbocycles. The number of benzene rings is 1. The first kappa shape index (κ1) is 15.3. The van der Waals surface area contributed by atoms with Gasteiger partial charge in [-0.05, 0) is 29.7 Å². The van der Waals surface area contributed by atoms with Crippen LogP contribution in [0.5, 0.6) is 0 Å². The maximum atomic E-state index is 11.3. The van der Waals surface area contributed by atoms with Crippen molar-refractivity contribution in [1.29, 1.82) is 0 Å². The van der Waals surface area contributed by atoms with Gasteiger partial charge in [-0.15, -0.1) is 11.3 Å². The first-order chi connectivity index (χ1) is 9.90. The van der Waals surface area contributed by atoms with Gasteiger partial charge < -0.3 is 15.9 Å². The van der Waals surface area contributed by atoms with E-state index in [1.807, 2.05) is 0 Å². The highest BCUT2D eigenvalue weighted by atomic mass is 35.5. The van der Waals surface area contributed by atoms with Gasteiger partial charge in [-0.2, -0.15) is 0 Å². The summed E-state index contributed by atoms with van der Waals surface area (Å²) in [5, 5.41) is 18.3. The molecule has 5 nitrogen and oxygen atoms in total. The van der Waals surface area contributed by atoms with Gasteiger partial charge in [0.05, 0.1) is 9.90 Å². The number of carboxylic acids is 2. The number of nitrogens with two attached hydrogens (primary N) is 1. The minimum atomic E-state index is -1.11. The number of nitrogen functional groups attached to an aromatic ring is 1. The van der Waals surface area contributed by atoms with Gasteiger partial charge in [0.1, 0.15) is 4.88 Å². The van der Waals surface area contributed by atoms with Gasteiger partial charge >= 0.3 is 11.9 Å². The van der Waals surface area contributed by atoms with E-state index >= 15 is 0 Å². The predicted octanol–water partition coefficient (Wildman–Crippen LogP) is 3.37. The lowest BCUT2D eigenvalue weighted by Gasteiger charge is -2.01. The van der Waals surface area contributed by atoms with Crippen LogP contribution in [0.25, 0.3) is 10.4 Å². The average Bonchev–Trinajstić information content (AvgIpc) is 2.73. The third-order valence-electron chi connectivity index (χ3n) is 2.87. The second kappa shape index (κ2) is 6.15. The van der Waals surface area contributed by atoms with Gasteiger partial charge in [0.2, 0.25) is 0 Å². The van der Waals surface area contributed by atoms with Crippen LogP contribution in [0.4, 0.5) is 5.69 Å². The molecule has 0 unspecified atom stereocenters. The highest BCUT2D eigenvalue weighted by Crippen LogP contribution is 2.41. The molecule has 0 spiro atoms. The number of carbonyl (C=O) groups is 2. The van der Waals surface area contributed by atoms with Gasteiger partial charge in [0.25, 0.3) is 0 Å². The summed E-state index contributed by atoms with van der Waals surface area (Å²) in [5.74, 6) is -2.11. The zero-order chi connectivity index (χ0) is 15.6. The number of aromatic carboxylic acids is 1. The predicted molar refractivity (Wildman–Crippen MR) is 82.1 cm³/mol. The van der Waals surface area contributed by atoms with Crippen molar-refractivity contribution in [2.45, 2.75) is 12.8 Å². The van der Waals surface area contributed by atoms with E-state index in [1.54, 1.807) is 24.3 Å². The lowest BCUT2D eigenvalue weighted by molar-refractivity contribution is -0.136. The molecule has 21 heavy (non-hydrogen) atoms. The third-order valence-corrected chi connectivity index (χ3v) is 4.67. The van der Waals surface area contributed by atoms with E-state index in [4.69, 9.17) is 22.4 Å². The highest BCUT2D eigenvalue weighted by Gasteiger charge is 2.22. The van der Waals surface area contributed by atoms with E-state index in [0.29, 0.717) is 21.7 Å². The quantitative estimate of drug-likeness (QED) is 0.732. The lowest BCUT2D eigenvalue weighted by Crippen LogP contribution is -2.02. The number of aliphatic carboxylic acids is 1. The summed E-state index contributed by atoms with van der Waals surface area (Å²) in [7, 11) is 0. The molecule has 1 aromatic carbocycles. The molecule has 0 aliphatic heterocycles. The molecule has 0 bridgehead atoms. The van der Waals surface area contributed by atoms with E-state index in [-0.39, 0.29) is 22.7 Å². The maximum absolute atomic E-state index is 11.3. The van der Waals surface area contributed by atoms with Crippen molar-refractivity contribution in [3.05, 3.63) is 39.7 Å². The number of hydrogen-bond acceptors (Lipinski definition) is 4. The summed E-state index contributed by atoms with van der Waals surface area (Å²) in [5.41, 5.74) is 7.33. The fourth-order valence-electron chi connectivity index (χ4n) is 1.94. The Labute approximate surface area is 129 Å². The van der Waals surface area contributed by atoms with Crippen molar-refractivity contribution < 1.29 is 19.8 Å². The Hall–Kier alpha value is -2.05. The average molecular weight is 326 g/mol. The Balaban J connectivity index is 2.51. The Morgan fingerprint density at radius 3 is 2.57 bits per heavy atom. The van der Waals surface area contributed by atoms with Gasteiger partial charge in [-0.1, -0.05) is 23.7 Å². The zero-order valence-corrected chi connectivity index (χ0v) is 12.4. The minimum absolute atomic E-state index is 0.0682. The van der Waals surface area contributed by atoms with Crippen LogP contribution >= 0.6 is 22.9 Å². The van der Waals surface area contributed by atoms with Crippen molar-refractivity contribution in [2.24, 2.45) is 0 Å². The largest absolute Gasteiger partial charge is 0.481 e. The first-order valence-electron chi connectivity index (χ1n) is 6.02. The van der Waals surface area contributed by atoms with Crippen LogP contribution in [-0.2, 0) is 11.2 Å². The molecule has 7 heteroatoms. The molecule has 0 aliphatic rings. The standard InChI is InChI=1S/C14H12ClNO4S/c15-11-9(4-5-10(17)18)13(14(19)20)21-12(11)7-2-1-3-8(16)6-7/h1-3,6H,4-5,16H2,(H,17,18)(H,19,20). The van der Waals surface area contributed by atoms with Crippen LogP contribution in [0.1, 0.15) is 21.7 Å². The van der Waals surface area contributed by atoms with Crippen molar-refractivity contribution in [3.63, 3.8) is 0 Å². The van der Waals surface area contributed by atoms with Crippen LogP contribution in [0.15, 0.2) is 24.3 Å². The number of carboxylic acid groups (broad SMARTS) is 2. The molecule has 4 N–H and O–H groups in total. The molecule has 1 aromatic heterocycles. The summed E-state index contributed by atoms with van der Waals surface area (Å²) in [6.45, 7) is 0. The van der Waals surface area contributed by atoms with E-state index in [1.165, 1.54) is 0 Å².